The smallest absolute Gasteiger partial charge is 0.309 e. The second-order valence-electron chi connectivity index (χ2n) is 6.49. The number of carbonyl (C=O) groups excluding carboxylic acids is 2. The molecule has 1 heterocycles. The van der Waals surface area contributed by atoms with Crippen LogP contribution in [0.15, 0.2) is 41.1 Å². The molecule has 4 nitrogen and oxygen atoms in total. The highest BCUT2D eigenvalue weighted by molar-refractivity contribution is 7.08. The summed E-state index contributed by atoms with van der Waals surface area (Å²) >= 11 is 1.65. The molecule has 2 N–H and O–H groups in total. The monoisotopic (exact) mass is 360 g/mol. The number of thiophene rings is 1. The molecular weight excluding hydrogens is 339 g/mol. The van der Waals surface area contributed by atoms with Crippen molar-refractivity contribution in [3.8, 4) is 0 Å². The third-order valence-electron chi connectivity index (χ3n) is 4.85. The van der Waals surface area contributed by atoms with Gasteiger partial charge in [0.2, 0.25) is 0 Å². The Hall–Kier alpha value is -2.21. The Morgan fingerprint density at radius 1 is 1.04 bits per heavy atom. The minimum absolute atomic E-state index is 0.0487. The molecule has 0 radical (unpaired) electrons. The Bertz CT molecular complexity index is 722. The van der Waals surface area contributed by atoms with Crippen LogP contribution < -0.4 is 10.6 Å². The van der Waals surface area contributed by atoms with Gasteiger partial charge in [0.15, 0.2) is 0 Å². The second kappa shape index (κ2) is 7.78. The Balaban J connectivity index is 1.52. The van der Waals surface area contributed by atoms with Crippen molar-refractivity contribution in [1.82, 2.24) is 10.6 Å². The molecule has 2 aromatic rings. The molecule has 1 aromatic heterocycles. The van der Waals surface area contributed by atoms with E-state index in [1.54, 1.807) is 23.5 Å². The van der Waals surface area contributed by atoms with E-state index in [-0.39, 0.29) is 17.8 Å². The van der Waals surface area contributed by atoms with Crippen LogP contribution in [0.1, 0.15) is 36.8 Å². The minimum atomic E-state index is -0.664. The SMILES string of the molecule is O=C(NCc1ccc(F)cc1)C(=O)NCC1(c2ccsc2)CCCC1. The Labute approximate surface area is 150 Å². The zero-order valence-electron chi connectivity index (χ0n) is 13.9. The Morgan fingerprint density at radius 3 is 2.36 bits per heavy atom. The summed E-state index contributed by atoms with van der Waals surface area (Å²) in [6.45, 7) is 0.675. The quantitative estimate of drug-likeness (QED) is 0.805. The van der Waals surface area contributed by atoms with Gasteiger partial charge in [0, 0.05) is 18.5 Å². The van der Waals surface area contributed by atoms with Crippen molar-refractivity contribution in [3.63, 3.8) is 0 Å². The van der Waals surface area contributed by atoms with Gasteiger partial charge in [-0.3, -0.25) is 9.59 Å². The third-order valence-corrected chi connectivity index (χ3v) is 5.54. The van der Waals surface area contributed by atoms with Gasteiger partial charge in [-0.05, 0) is 52.9 Å². The molecule has 25 heavy (non-hydrogen) atoms. The van der Waals surface area contributed by atoms with Crippen LogP contribution in [0.3, 0.4) is 0 Å². The molecular formula is C19H21FN2O2S. The molecule has 1 saturated carbocycles. The molecule has 1 fully saturated rings. The van der Waals surface area contributed by atoms with E-state index in [9.17, 15) is 14.0 Å². The van der Waals surface area contributed by atoms with Crippen molar-refractivity contribution in [2.24, 2.45) is 0 Å². The summed E-state index contributed by atoms with van der Waals surface area (Å²) in [5, 5.41) is 9.54. The van der Waals surface area contributed by atoms with E-state index in [2.05, 4.69) is 22.1 Å². The van der Waals surface area contributed by atoms with Crippen molar-refractivity contribution in [2.75, 3.05) is 6.54 Å². The highest BCUT2D eigenvalue weighted by Crippen LogP contribution is 2.41. The average molecular weight is 360 g/mol. The van der Waals surface area contributed by atoms with Crippen molar-refractivity contribution in [2.45, 2.75) is 37.6 Å². The van der Waals surface area contributed by atoms with Crippen molar-refractivity contribution < 1.29 is 14.0 Å². The molecule has 0 unspecified atom stereocenters. The van der Waals surface area contributed by atoms with Gasteiger partial charge in [0.25, 0.3) is 0 Å². The average Bonchev–Trinajstić information content (AvgIpc) is 3.31. The highest BCUT2D eigenvalue weighted by atomic mass is 32.1. The number of carbonyl (C=O) groups is 2. The van der Waals surface area contributed by atoms with Crippen LogP contribution in [0.5, 0.6) is 0 Å². The zero-order valence-corrected chi connectivity index (χ0v) is 14.7. The van der Waals surface area contributed by atoms with Gasteiger partial charge in [-0.15, -0.1) is 0 Å². The van der Waals surface area contributed by atoms with Crippen LogP contribution >= 0.6 is 11.3 Å². The predicted octanol–water partition coefficient (Wildman–Crippen LogP) is 3.13. The fourth-order valence-electron chi connectivity index (χ4n) is 3.38. The molecule has 1 aliphatic carbocycles. The number of nitrogens with one attached hydrogen (secondary N) is 2. The van der Waals surface area contributed by atoms with Crippen LogP contribution in [-0.4, -0.2) is 18.4 Å². The van der Waals surface area contributed by atoms with E-state index >= 15 is 0 Å². The highest BCUT2D eigenvalue weighted by Gasteiger charge is 2.36. The first-order chi connectivity index (χ1) is 12.1. The fraction of sp³-hybridized carbons (Fsp3) is 0.368. The first-order valence-corrected chi connectivity index (χ1v) is 9.36. The number of hydrogen-bond acceptors (Lipinski definition) is 3. The second-order valence-corrected chi connectivity index (χ2v) is 7.27. The Morgan fingerprint density at radius 2 is 1.72 bits per heavy atom. The van der Waals surface area contributed by atoms with Crippen molar-refractivity contribution >= 4 is 23.2 Å². The molecule has 0 saturated heterocycles. The summed E-state index contributed by atoms with van der Waals surface area (Å²) in [7, 11) is 0. The van der Waals surface area contributed by atoms with Gasteiger partial charge in [0.1, 0.15) is 5.82 Å². The number of rotatable bonds is 5. The molecule has 2 amide bonds. The molecule has 3 rings (SSSR count). The lowest BCUT2D eigenvalue weighted by Crippen LogP contribution is -2.45. The standard InChI is InChI=1S/C19H21FN2O2S/c20-16-5-3-14(4-6-16)11-21-17(23)18(24)22-13-19(8-1-2-9-19)15-7-10-25-12-15/h3-7,10,12H,1-2,8-9,11,13H2,(H,21,23)(H,22,24). The van der Waals surface area contributed by atoms with Crippen LogP contribution in [0.4, 0.5) is 4.39 Å². The maximum absolute atomic E-state index is 12.9. The molecule has 0 atom stereocenters. The summed E-state index contributed by atoms with van der Waals surface area (Å²) in [6.07, 6.45) is 4.34. The third kappa shape index (κ3) is 4.25. The van der Waals surface area contributed by atoms with Gasteiger partial charge >= 0.3 is 11.8 Å². The van der Waals surface area contributed by atoms with Crippen LogP contribution in [0.2, 0.25) is 0 Å². The fourth-order valence-corrected chi connectivity index (χ4v) is 4.16. The van der Waals surface area contributed by atoms with Gasteiger partial charge in [-0.1, -0.05) is 25.0 Å². The first-order valence-electron chi connectivity index (χ1n) is 8.42. The van der Waals surface area contributed by atoms with Gasteiger partial charge < -0.3 is 10.6 Å². The molecule has 1 aromatic carbocycles. The minimum Gasteiger partial charge on any atom is -0.347 e. The van der Waals surface area contributed by atoms with Gasteiger partial charge in [0.05, 0.1) is 0 Å². The van der Waals surface area contributed by atoms with E-state index < -0.39 is 11.8 Å². The van der Waals surface area contributed by atoms with Crippen LogP contribution in [0, 0.1) is 5.82 Å². The largest absolute Gasteiger partial charge is 0.347 e. The molecule has 132 valence electrons. The summed E-state index contributed by atoms with van der Waals surface area (Å²) in [5.41, 5.74) is 1.95. The predicted molar refractivity (Wildman–Crippen MR) is 95.7 cm³/mol. The topological polar surface area (TPSA) is 58.2 Å². The van der Waals surface area contributed by atoms with E-state index in [0.29, 0.717) is 6.54 Å². The van der Waals surface area contributed by atoms with E-state index in [0.717, 1.165) is 31.2 Å². The molecule has 0 aliphatic heterocycles. The number of hydrogen-bond donors (Lipinski definition) is 2. The van der Waals surface area contributed by atoms with Crippen LogP contribution in [-0.2, 0) is 21.5 Å². The molecule has 6 heteroatoms. The zero-order chi connectivity index (χ0) is 17.7. The summed E-state index contributed by atoms with van der Waals surface area (Å²) in [5.74, 6) is -1.62. The molecule has 0 spiro atoms. The maximum Gasteiger partial charge on any atom is 0.309 e. The van der Waals surface area contributed by atoms with E-state index in [1.165, 1.54) is 17.7 Å². The van der Waals surface area contributed by atoms with E-state index in [4.69, 9.17) is 0 Å². The number of benzene rings is 1. The van der Waals surface area contributed by atoms with Gasteiger partial charge in [-0.2, -0.15) is 11.3 Å². The lowest BCUT2D eigenvalue weighted by atomic mass is 9.80. The van der Waals surface area contributed by atoms with E-state index in [1.807, 2.05) is 5.38 Å². The maximum atomic E-state index is 12.9. The molecule has 1 aliphatic rings. The van der Waals surface area contributed by atoms with Crippen molar-refractivity contribution in [1.29, 1.82) is 0 Å². The normalized spacial score (nSPS) is 15.7. The van der Waals surface area contributed by atoms with Crippen LogP contribution in [0.25, 0.3) is 0 Å². The molecule has 0 bridgehead atoms. The lowest BCUT2D eigenvalue weighted by Gasteiger charge is -2.28. The number of amides is 2. The number of halogens is 1. The summed E-state index contributed by atoms with van der Waals surface area (Å²) < 4.78 is 12.9. The lowest BCUT2D eigenvalue weighted by molar-refractivity contribution is -0.139. The van der Waals surface area contributed by atoms with Crippen molar-refractivity contribution in [3.05, 3.63) is 58.0 Å². The van der Waals surface area contributed by atoms with Gasteiger partial charge in [-0.25, -0.2) is 4.39 Å². The Kier molecular flexibility index (Phi) is 5.48. The summed E-state index contributed by atoms with van der Waals surface area (Å²) in [4.78, 5) is 24.1. The summed E-state index contributed by atoms with van der Waals surface area (Å²) in [6, 6.07) is 7.92. The first kappa shape index (κ1) is 17.6.